The van der Waals surface area contributed by atoms with E-state index in [1.807, 2.05) is 50.2 Å². The number of carbonyl (C=O) groups excluding carboxylic acids is 3. The van der Waals surface area contributed by atoms with Crippen LogP contribution < -0.4 is 20.7 Å². The molecule has 0 spiro atoms. The summed E-state index contributed by atoms with van der Waals surface area (Å²) < 4.78 is 28.8. The lowest BCUT2D eigenvalue weighted by Crippen LogP contribution is -2.35. The molecular weight excluding hydrogens is 690 g/mol. The molecule has 0 aliphatic carbocycles. The van der Waals surface area contributed by atoms with Crippen LogP contribution in [0, 0.1) is 0 Å². The van der Waals surface area contributed by atoms with Gasteiger partial charge in [0.05, 0.1) is 38.5 Å². The van der Waals surface area contributed by atoms with Crippen molar-refractivity contribution in [2.75, 3.05) is 48.9 Å². The molecule has 1 aromatic heterocycles. The molecule has 3 aromatic carbocycles. The average Bonchev–Trinajstić information content (AvgIpc) is 3.53. The number of pyridine rings is 1. The van der Waals surface area contributed by atoms with Crippen molar-refractivity contribution in [3.8, 4) is 5.75 Å². The fourth-order valence-electron chi connectivity index (χ4n) is 6.10. The smallest absolute Gasteiger partial charge is 0.410 e. The number of anilines is 3. The predicted octanol–water partition coefficient (Wildman–Crippen LogP) is 7.91. The third-order valence-corrected chi connectivity index (χ3v) is 8.87. The molecule has 3 heterocycles. The monoisotopic (exact) mass is 737 g/mol. The first-order chi connectivity index (χ1) is 26.2. The van der Waals surface area contributed by atoms with E-state index < -0.39 is 11.8 Å². The van der Waals surface area contributed by atoms with Gasteiger partial charge in [-0.2, -0.15) is 0 Å². The zero-order valence-electron chi connectivity index (χ0n) is 30.7. The van der Waals surface area contributed by atoms with Gasteiger partial charge in [0.2, 0.25) is 5.79 Å². The summed E-state index contributed by atoms with van der Waals surface area (Å²) in [5.74, 6) is -0.132. The summed E-state index contributed by atoms with van der Waals surface area (Å²) in [6.45, 7) is 7.41. The number of benzene rings is 3. The average molecular weight is 738 g/mol. The van der Waals surface area contributed by atoms with Crippen molar-refractivity contribution in [1.29, 1.82) is 0 Å². The quantitative estimate of drug-likeness (QED) is 0.0919. The summed E-state index contributed by atoms with van der Waals surface area (Å²) in [5.41, 5.74) is 4.96. The van der Waals surface area contributed by atoms with E-state index in [0.717, 1.165) is 48.1 Å². The highest BCUT2D eigenvalue weighted by molar-refractivity contribution is 6.05. The maximum absolute atomic E-state index is 12.7. The number of urea groups is 1. The summed E-state index contributed by atoms with van der Waals surface area (Å²) in [5, 5.41) is 8.43. The molecule has 13 heteroatoms. The number of nitrogens with one attached hydrogen (secondary N) is 3. The minimum atomic E-state index is -0.646. The van der Waals surface area contributed by atoms with E-state index in [-0.39, 0.29) is 18.1 Å². The van der Waals surface area contributed by atoms with Crippen LogP contribution in [0.3, 0.4) is 0 Å². The van der Waals surface area contributed by atoms with Crippen molar-refractivity contribution in [3.05, 3.63) is 114 Å². The van der Waals surface area contributed by atoms with Gasteiger partial charge >= 0.3 is 12.1 Å². The Bertz CT molecular complexity index is 1890. The molecule has 0 saturated carbocycles. The standard InChI is InChI=1S/C41H47N5O8/c1-41(2)52-28-32-23-30(15-16-36(32)54-41)37-26-46(40(49)53-37)18-5-3-4-6-19-50-20-21-51-27-29-10-7-12-33(22-29)44-39(48)45-35-14-8-13-34(24-35)43-38(47)31-11-9-17-42-25-31/h7-17,22-25,37H,3-6,18-21,26-28H2,1-2H3,(H,43,47)(H2,44,45,48). The number of amides is 4. The Labute approximate surface area is 315 Å². The number of hydrogen-bond acceptors (Lipinski definition) is 9. The van der Waals surface area contributed by atoms with Crippen molar-refractivity contribution in [3.63, 3.8) is 0 Å². The Morgan fingerprint density at radius 1 is 0.852 bits per heavy atom. The summed E-state index contributed by atoms with van der Waals surface area (Å²) in [6.07, 6.45) is 6.37. The molecule has 13 nitrogen and oxygen atoms in total. The molecule has 1 fully saturated rings. The Balaban J connectivity index is 0.800. The zero-order valence-corrected chi connectivity index (χ0v) is 30.7. The van der Waals surface area contributed by atoms with Crippen molar-refractivity contribution in [2.45, 2.75) is 64.6 Å². The van der Waals surface area contributed by atoms with Gasteiger partial charge in [-0.15, -0.1) is 0 Å². The first-order valence-electron chi connectivity index (χ1n) is 18.3. The largest absolute Gasteiger partial charge is 0.463 e. The van der Waals surface area contributed by atoms with Gasteiger partial charge in [-0.25, -0.2) is 9.59 Å². The van der Waals surface area contributed by atoms with Gasteiger partial charge in [-0.1, -0.05) is 37.1 Å². The molecule has 6 rings (SSSR count). The topological polar surface area (TPSA) is 150 Å². The van der Waals surface area contributed by atoms with Gasteiger partial charge in [0.25, 0.3) is 5.91 Å². The number of rotatable bonds is 17. The van der Waals surface area contributed by atoms with E-state index in [1.54, 1.807) is 53.6 Å². The van der Waals surface area contributed by atoms with Crippen LogP contribution in [0.25, 0.3) is 0 Å². The van der Waals surface area contributed by atoms with Crippen LogP contribution in [-0.4, -0.2) is 66.6 Å². The number of carbonyl (C=O) groups is 3. The Morgan fingerprint density at radius 3 is 2.43 bits per heavy atom. The second kappa shape index (κ2) is 18.5. The van der Waals surface area contributed by atoms with E-state index in [2.05, 4.69) is 20.9 Å². The fraction of sp³-hybridized carbons (Fsp3) is 0.366. The molecule has 0 bridgehead atoms. The van der Waals surface area contributed by atoms with E-state index in [4.69, 9.17) is 23.7 Å². The maximum atomic E-state index is 12.7. The third-order valence-electron chi connectivity index (χ3n) is 8.87. The molecule has 4 amide bonds. The lowest BCUT2D eigenvalue weighted by atomic mass is 10.0. The molecule has 54 heavy (non-hydrogen) atoms. The fourth-order valence-corrected chi connectivity index (χ4v) is 6.10. The van der Waals surface area contributed by atoms with Crippen molar-refractivity contribution >= 4 is 35.1 Å². The molecule has 0 radical (unpaired) electrons. The molecule has 2 aliphatic heterocycles. The van der Waals surface area contributed by atoms with Gasteiger partial charge in [-0.05, 0) is 78.6 Å². The first kappa shape index (κ1) is 38.2. The van der Waals surface area contributed by atoms with Crippen LogP contribution in [-0.2, 0) is 32.2 Å². The first-order valence-corrected chi connectivity index (χ1v) is 18.3. The van der Waals surface area contributed by atoms with Crippen LogP contribution in [0.5, 0.6) is 5.75 Å². The molecule has 3 N–H and O–H groups in total. The molecule has 284 valence electrons. The van der Waals surface area contributed by atoms with Gasteiger partial charge < -0.3 is 44.5 Å². The SMILES string of the molecule is CC1(C)OCc2cc(C3CN(CCCCCCOCCOCc4cccc(NC(=O)Nc5cccc(NC(=O)c6cccnc6)c5)c4)C(=O)O3)ccc2O1. The van der Waals surface area contributed by atoms with Gasteiger partial charge in [0.15, 0.2) is 0 Å². The number of ether oxygens (including phenoxy) is 5. The number of fused-ring (bicyclic) bond motifs is 1. The highest BCUT2D eigenvalue weighted by Gasteiger charge is 2.33. The third kappa shape index (κ3) is 11.3. The number of cyclic esters (lactones) is 1. The molecule has 2 aliphatic rings. The second-order valence-corrected chi connectivity index (χ2v) is 13.6. The minimum absolute atomic E-state index is 0.271. The van der Waals surface area contributed by atoms with Crippen LogP contribution in [0.4, 0.5) is 26.7 Å². The number of nitrogens with zero attached hydrogens (tertiary/aromatic N) is 2. The summed E-state index contributed by atoms with van der Waals surface area (Å²) in [4.78, 5) is 43.4. The summed E-state index contributed by atoms with van der Waals surface area (Å²) in [7, 11) is 0. The summed E-state index contributed by atoms with van der Waals surface area (Å²) >= 11 is 0. The van der Waals surface area contributed by atoms with Crippen LogP contribution in [0.15, 0.2) is 91.3 Å². The lowest BCUT2D eigenvalue weighted by Gasteiger charge is -2.32. The van der Waals surface area contributed by atoms with Crippen molar-refractivity contribution in [2.24, 2.45) is 0 Å². The van der Waals surface area contributed by atoms with Gasteiger partial charge in [0, 0.05) is 62.0 Å². The predicted molar refractivity (Wildman–Crippen MR) is 203 cm³/mol. The molecule has 1 unspecified atom stereocenters. The van der Waals surface area contributed by atoms with Gasteiger partial charge in [0.1, 0.15) is 11.9 Å². The van der Waals surface area contributed by atoms with E-state index >= 15 is 0 Å². The van der Waals surface area contributed by atoms with E-state index in [0.29, 0.717) is 68.7 Å². The van der Waals surface area contributed by atoms with E-state index in [9.17, 15) is 14.4 Å². The highest BCUT2D eigenvalue weighted by atomic mass is 16.7. The van der Waals surface area contributed by atoms with Gasteiger partial charge in [-0.3, -0.25) is 9.78 Å². The second-order valence-electron chi connectivity index (χ2n) is 13.6. The molecular formula is C41H47N5O8. The van der Waals surface area contributed by atoms with Crippen LogP contribution in [0.2, 0.25) is 0 Å². The number of hydrogen-bond donors (Lipinski definition) is 3. The lowest BCUT2D eigenvalue weighted by molar-refractivity contribution is -0.180. The summed E-state index contributed by atoms with van der Waals surface area (Å²) in [6, 6.07) is 23.2. The van der Waals surface area contributed by atoms with Crippen molar-refractivity contribution in [1.82, 2.24) is 9.88 Å². The Kier molecular flexibility index (Phi) is 13.1. The van der Waals surface area contributed by atoms with Crippen LogP contribution in [0.1, 0.15) is 72.7 Å². The Hall–Kier alpha value is -5.50. The Morgan fingerprint density at radius 2 is 1.61 bits per heavy atom. The zero-order chi connectivity index (χ0) is 37.8. The highest BCUT2D eigenvalue weighted by Crippen LogP contribution is 2.35. The van der Waals surface area contributed by atoms with Crippen LogP contribution >= 0.6 is 0 Å². The molecule has 4 aromatic rings. The van der Waals surface area contributed by atoms with Crippen molar-refractivity contribution < 1.29 is 38.1 Å². The number of aromatic nitrogens is 1. The molecule has 1 atom stereocenters. The molecule has 1 saturated heterocycles. The normalized spacial score (nSPS) is 15.9. The number of unbranched alkanes of at least 4 members (excludes halogenated alkanes) is 3. The maximum Gasteiger partial charge on any atom is 0.410 e. The minimum Gasteiger partial charge on any atom is -0.463 e. The van der Waals surface area contributed by atoms with E-state index in [1.165, 1.54) is 6.20 Å².